The molecule has 0 unspecified atom stereocenters. The molecular formula is C24H27N3O2. The number of piperidine rings is 1. The summed E-state index contributed by atoms with van der Waals surface area (Å²) in [6, 6.07) is 18.1. The van der Waals surface area contributed by atoms with Crippen LogP contribution < -0.4 is 9.47 Å². The molecular weight excluding hydrogens is 362 g/mol. The highest BCUT2D eigenvalue weighted by Gasteiger charge is 2.25. The predicted molar refractivity (Wildman–Crippen MR) is 114 cm³/mol. The van der Waals surface area contributed by atoms with E-state index in [0.717, 1.165) is 60.9 Å². The van der Waals surface area contributed by atoms with E-state index in [1.54, 1.807) is 19.5 Å². The Kier molecular flexibility index (Phi) is 6.37. The summed E-state index contributed by atoms with van der Waals surface area (Å²) in [7, 11) is 1.69. The normalized spacial score (nSPS) is 17.1. The van der Waals surface area contributed by atoms with E-state index < -0.39 is 0 Å². The van der Waals surface area contributed by atoms with E-state index in [1.807, 2.05) is 48.5 Å². The molecule has 2 aromatic carbocycles. The Morgan fingerprint density at radius 2 is 1.83 bits per heavy atom. The number of hydrogen-bond acceptors (Lipinski definition) is 5. The third-order valence-electron chi connectivity index (χ3n) is 5.38. The second kappa shape index (κ2) is 9.52. The molecule has 0 bridgehead atoms. The fraction of sp³-hybridized carbons (Fsp3) is 0.333. The Labute approximate surface area is 172 Å². The SMILES string of the molecule is COc1cccc(-c2nccnc2[C@H]2CCCN(CCOc3ccccc3)C2)c1. The summed E-state index contributed by atoms with van der Waals surface area (Å²) in [4.78, 5) is 11.9. The highest BCUT2D eigenvalue weighted by molar-refractivity contribution is 5.64. The van der Waals surface area contributed by atoms with Gasteiger partial charge in [-0.05, 0) is 43.7 Å². The van der Waals surface area contributed by atoms with Crippen molar-refractivity contribution in [2.24, 2.45) is 0 Å². The van der Waals surface area contributed by atoms with Crippen LogP contribution >= 0.6 is 0 Å². The largest absolute Gasteiger partial charge is 0.497 e. The summed E-state index contributed by atoms with van der Waals surface area (Å²) >= 11 is 0. The Morgan fingerprint density at radius 3 is 2.69 bits per heavy atom. The maximum Gasteiger partial charge on any atom is 0.119 e. The Hall–Kier alpha value is -2.92. The van der Waals surface area contributed by atoms with Gasteiger partial charge in [-0.1, -0.05) is 30.3 Å². The van der Waals surface area contributed by atoms with Crippen LogP contribution in [0.2, 0.25) is 0 Å². The van der Waals surface area contributed by atoms with Crippen LogP contribution in [0.5, 0.6) is 11.5 Å². The third-order valence-corrected chi connectivity index (χ3v) is 5.38. The van der Waals surface area contributed by atoms with Crippen molar-refractivity contribution in [2.75, 3.05) is 33.4 Å². The van der Waals surface area contributed by atoms with Crippen LogP contribution in [-0.2, 0) is 0 Å². The van der Waals surface area contributed by atoms with Crippen LogP contribution in [-0.4, -0.2) is 48.2 Å². The predicted octanol–water partition coefficient (Wildman–Crippen LogP) is 4.41. The first-order valence-electron chi connectivity index (χ1n) is 10.2. The van der Waals surface area contributed by atoms with Crippen molar-refractivity contribution in [3.63, 3.8) is 0 Å². The van der Waals surface area contributed by atoms with E-state index in [2.05, 4.69) is 16.0 Å². The fourth-order valence-electron chi connectivity index (χ4n) is 3.93. The van der Waals surface area contributed by atoms with Crippen molar-refractivity contribution in [1.82, 2.24) is 14.9 Å². The molecule has 0 radical (unpaired) electrons. The smallest absolute Gasteiger partial charge is 0.119 e. The Bertz CT molecular complexity index is 917. The zero-order valence-electron chi connectivity index (χ0n) is 16.8. The summed E-state index contributed by atoms with van der Waals surface area (Å²) in [5.41, 5.74) is 3.09. The number of hydrogen-bond donors (Lipinski definition) is 0. The van der Waals surface area contributed by atoms with Gasteiger partial charge in [-0.3, -0.25) is 14.9 Å². The van der Waals surface area contributed by atoms with Crippen LogP contribution in [0.1, 0.15) is 24.5 Å². The lowest BCUT2D eigenvalue weighted by Crippen LogP contribution is -2.37. The molecule has 1 saturated heterocycles. The quantitative estimate of drug-likeness (QED) is 0.599. The van der Waals surface area contributed by atoms with E-state index >= 15 is 0 Å². The standard InChI is InChI=1S/C24H27N3O2/c1-28-22-11-5-7-19(17-22)23-24(26-13-12-25-23)20-8-6-14-27(18-20)15-16-29-21-9-3-2-4-10-21/h2-5,7,9-13,17,20H,6,8,14-16,18H2,1H3/t20-/m0/s1. The van der Waals surface area contributed by atoms with Crippen LogP contribution in [0.4, 0.5) is 0 Å². The van der Waals surface area contributed by atoms with E-state index in [0.29, 0.717) is 12.5 Å². The van der Waals surface area contributed by atoms with Crippen molar-refractivity contribution in [1.29, 1.82) is 0 Å². The molecule has 0 N–H and O–H groups in total. The first kappa shape index (κ1) is 19.4. The van der Waals surface area contributed by atoms with Crippen molar-refractivity contribution in [3.8, 4) is 22.8 Å². The van der Waals surface area contributed by atoms with E-state index in [-0.39, 0.29) is 0 Å². The van der Waals surface area contributed by atoms with Crippen LogP contribution in [0, 0.1) is 0 Å². The van der Waals surface area contributed by atoms with Crippen LogP contribution in [0.3, 0.4) is 0 Å². The monoisotopic (exact) mass is 389 g/mol. The van der Waals surface area contributed by atoms with Gasteiger partial charge in [0.05, 0.1) is 18.5 Å². The zero-order chi connectivity index (χ0) is 19.9. The van der Waals surface area contributed by atoms with Crippen molar-refractivity contribution >= 4 is 0 Å². The summed E-state index contributed by atoms with van der Waals surface area (Å²) in [6.45, 7) is 3.69. The lowest BCUT2D eigenvalue weighted by Gasteiger charge is -2.32. The summed E-state index contributed by atoms with van der Waals surface area (Å²) in [5, 5.41) is 0. The number of para-hydroxylation sites is 1. The first-order valence-corrected chi connectivity index (χ1v) is 10.2. The van der Waals surface area contributed by atoms with Crippen molar-refractivity contribution < 1.29 is 9.47 Å². The lowest BCUT2D eigenvalue weighted by molar-refractivity contribution is 0.169. The highest BCUT2D eigenvalue weighted by atomic mass is 16.5. The van der Waals surface area contributed by atoms with Crippen LogP contribution in [0.25, 0.3) is 11.3 Å². The van der Waals surface area contributed by atoms with Gasteiger partial charge in [-0.2, -0.15) is 0 Å². The number of aromatic nitrogens is 2. The molecule has 5 nitrogen and oxygen atoms in total. The highest BCUT2D eigenvalue weighted by Crippen LogP contribution is 2.32. The molecule has 1 atom stereocenters. The van der Waals surface area contributed by atoms with E-state index in [1.165, 1.54) is 0 Å². The molecule has 1 aliphatic rings. The topological polar surface area (TPSA) is 47.5 Å². The van der Waals surface area contributed by atoms with Gasteiger partial charge < -0.3 is 9.47 Å². The number of benzene rings is 2. The first-order chi connectivity index (χ1) is 14.3. The average Bonchev–Trinajstić information content (AvgIpc) is 2.80. The molecule has 0 amide bonds. The van der Waals surface area contributed by atoms with Gasteiger partial charge in [0.15, 0.2) is 0 Å². The van der Waals surface area contributed by atoms with E-state index in [4.69, 9.17) is 14.5 Å². The molecule has 1 aliphatic heterocycles. The Balaban J connectivity index is 1.44. The summed E-state index contributed by atoms with van der Waals surface area (Å²) < 4.78 is 11.3. The number of likely N-dealkylation sites (tertiary alicyclic amines) is 1. The molecule has 3 aromatic rings. The van der Waals surface area contributed by atoms with Gasteiger partial charge in [0.2, 0.25) is 0 Å². The molecule has 150 valence electrons. The van der Waals surface area contributed by atoms with Crippen molar-refractivity contribution in [3.05, 3.63) is 72.7 Å². The molecule has 29 heavy (non-hydrogen) atoms. The molecule has 1 aromatic heterocycles. The zero-order valence-corrected chi connectivity index (χ0v) is 16.8. The lowest BCUT2D eigenvalue weighted by atomic mass is 9.91. The minimum atomic E-state index is 0.371. The van der Waals surface area contributed by atoms with Gasteiger partial charge in [0.25, 0.3) is 0 Å². The van der Waals surface area contributed by atoms with Gasteiger partial charge in [0, 0.05) is 37.0 Å². The number of nitrogens with zero attached hydrogens (tertiary/aromatic N) is 3. The molecule has 0 spiro atoms. The van der Waals surface area contributed by atoms with Gasteiger partial charge in [-0.25, -0.2) is 0 Å². The molecule has 2 heterocycles. The number of ether oxygens (including phenoxy) is 2. The Morgan fingerprint density at radius 1 is 1.00 bits per heavy atom. The van der Waals surface area contributed by atoms with Gasteiger partial charge in [0.1, 0.15) is 18.1 Å². The molecule has 0 aliphatic carbocycles. The summed E-state index contributed by atoms with van der Waals surface area (Å²) in [6.07, 6.45) is 5.86. The van der Waals surface area contributed by atoms with Gasteiger partial charge >= 0.3 is 0 Å². The van der Waals surface area contributed by atoms with Crippen LogP contribution in [0.15, 0.2) is 67.0 Å². The fourth-order valence-corrected chi connectivity index (χ4v) is 3.93. The molecule has 4 rings (SSSR count). The molecule has 0 saturated carbocycles. The van der Waals surface area contributed by atoms with Crippen molar-refractivity contribution in [2.45, 2.75) is 18.8 Å². The second-order valence-corrected chi connectivity index (χ2v) is 7.32. The maximum absolute atomic E-state index is 5.88. The number of methoxy groups -OCH3 is 1. The second-order valence-electron chi connectivity index (χ2n) is 7.32. The van der Waals surface area contributed by atoms with E-state index in [9.17, 15) is 0 Å². The summed E-state index contributed by atoms with van der Waals surface area (Å²) in [5.74, 6) is 2.13. The maximum atomic E-state index is 5.88. The number of rotatable bonds is 7. The minimum Gasteiger partial charge on any atom is -0.497 e. The average molecular weight is 389 g/mol. The molecule has 1 fully saturated rings. The molecule has 5 heteroatoms. The minimum absolute atomic E-state index is 0.371. The van der Waals surface area contributed by atoms with Gasteiger partial charge in [-0.15, -0.1) is 0 Å². The third kappa shape index (κ3) is 4.93.